The van der Waals surface area contributed by atoms with Crippen molar-refractivity contribution in [1.29, 1.82) is 0 Å². The van der Waals surface area contributed by atoms with E-state index in [1.165, 1.54) is 0 Å². The monoisotopic (exact) mass is 178 g/mol. The fourth-order valence-corrected chi connectivity index (χ4v) is 1.46. The molecule has 0 aromatic carbocycles. The van der Waals surface area contributed by atoms with Gasteiger partial charge in [-0.25, -0.2) is 0 Å². The van der Waals surface area contributed by atoms with E-state index in [-0.39, 0.29) is 12.0 Å². The summed E-state index contributed by atoms with van der Waals surface area (Å²) in [5.74, 6) is -0.177. The number of rotatable bonds is 1. The van der Waals surface area contributed by atoms with Crippen LogP contribution in [0.25, 0.3) is 0 Å². The summed E-state index contributed by atoms with van der Waals surface area (Å²) in [6.45, 7) is 0. The number of hydrogen-bond acceptors (Lipinski definition) is 4. The fourth-order valence-electron chi connectivity index (χ4n) is 1.46. The summed E-state index contributed by atoms with van der Waals surface area (Å²) in [6.07, 6.45) is 3.85. The van der Waals surface area contributed by atoms with Gasteiger partial charge in [-0.3, -0.25) is 9.78 Å². The molecule has 0 spiro atoms. The number of nitrogens with zero attached hydrogens (tertiary/aromatic N) is 2. The highest BCUT2D eigenvalue weighted by Gasteiger charge is 2.30. The zero-order valence-corrected chi connectivity index (χ0v) is 7.30. The third-order valence-corrected chi connectivity index (χ3v) is 2.14. The van der Waals surface area contributed by atoms with E-state index in [1.807, 2.05) is 12.1 Å². The van der Waals surface area contributed by atoms with Crippen LogP contribution >= 0.6 is 0 Å². The Balaban J connectivity index is 2.23. The molecule has 1 saturated heterocycles. The lowest BCUT2D eigenvalue weighted by Crippen LogP contribution is -2.16. The third-order valence-electron chi connectivity index (χ3n) is 2.14. The quantitative estimate of drug-likeness (QED) is 0.641. The molecule has 4 nitrogen and oxygen atoms in total. The van der Waals surface area contributed by atoms with Gasteiger partial charge in [0.05, 0.1) is 12.5 Å². The van der Waals surface area contributed by atoms with Gasteiger partial charge >= 0.3 is 5.97 Å². The molecule has 13 heavy (non-hydrogen) atoms. The van der Waals surface area contributed by atoms with Gasteiger partial charge in [-0.1, -0.05) is 0 Å². The Labute approximate surface area is 76.1 Å². The number of carbonyl (C=O) groups excluding carboxylic acids is 1. The predicted molar refractivity (Wildman–Crippen MR) is 45.5 cm³/mol. The summed E-state index contributed by atoms with van der Waals surface area (Å²) in [5.41, 5.74) is 1.06. The predicted octanol–water partition coefficient (Wildman–Crippen LogP) is 0.916. The van der Waals surface area contributed by atoms with Gasteiger partial charge in [-0.15, -0.1) is 5.06 Å². The number of hydroxylamine groups is 2. The van der Waals surface area contributed by atoms with Gasteiger partial charge in [0.15, 0.2) is 0 Å². The van der Waals surface area contributed by atoms with Gasteiger partial charge in [-0.2, -0.15) is 0 Å². The Morgan fingerprint density at radius 1 is 1.54 bits per heavy atom. The lowest BCUT2D eigenvalue weighted by molar-refractivity contribution is -0.169. The van der Waals surface area contributed by atoms with Crippen LogP contribution in [0.4, 0.5) is 0 Å². The smallest absolute Gasteiger partial charge is 0.327 e. The molecule has 1 atom stereocenters. The van der Waals surface area contributed by atoms with Crippen LogP contribution in [0, 0.1) is 0 Å². The van der Waals surface area contributed by atoms with Crippen molar-refractivity contribution in [3.05, 3.63) is 30.1 Å². The Morgan fingerprint density at radius 3 is 2.77 bits per heavy atom. The number of pyridine rings is 1. The van der Waals surface area contributed by atoms with E-state index >= 15 is 0 Å². The Kier molecular flexibility index (Phi) is 1.98. The maximum atomic E-state index is 11.0. The largest absolute Gasteiger partial charge is 0.368 e. The normalized spacial score (nSPS) is 23.2. The van der Waals surface area contributed by atoms with Crippen molar-refractivity contribution in [2.75, 3.05) is 7.05 Å². The standard InChI is InChI=1S/C9H10N2O2/c1-11-8(6-9(12)13-11)7-2-4-10-5-3-7/h2-5,8H,6H2,1H3. The maximum Gasteiger partial charge on any atom is 0.327 e. The SMILES string of the molecule is CN1OC(=O)CC1c1ccncc1. The second-order valence-corrected chi connectivity index (χ2v) is 3.01. The molecule has 1 unspecified atom stereocenters. The van der Waals surface area contributed by atoms with E-state index in [1.54, 1.807) is 24.5 Å². The number of hydrogen-bond donors (Lipinski definition) is 0. The molecule has 1 fully saturated rings. The van der Waals surface area contributed by atoms with E-state index in [0.717, 1.165) is 5.56 Å². The van der Waals surface area contributed by atoms with Crippen LogP contribution in [-0.2, 0) is 9.63 Å². The van der Waals surface area contributed by atoms with Gasteiger partial charge in [0.1, 0.15) is 0 Å². The van der Waals surface area contributed by atoms with Crippen LogP contribution in [0.3, 0.4) is 0 Å². The highest BCUT2D eigenvalue weighted by Crippen LogP contribution is 2.28. The van der Waals surface area contributed by atoms with E-state index < -0.39 is 0 Å². The van der Waals surface area contributed by atoms with Crippen molar-refractivity contribution in [3.63, 3.8) is 0 Å². The number of carbonyl (C=O) groups is 1. The zero-order chi connectivity index (χ0) is 9.26. The first-order valence-electron chi connectivity index (χ1n) is 4.11. The summed E-state index contributed by atoms with van der Waals surface area (Å²) < 4.78 is 0. The Bertz CT molecular complexity index is 313. The summed E-state index contributed by atoms with van der Waals surface area (Å²) in [5, 5.41) is 1.58. The van der Waals surface area contributed by atoms with Crippen molar-refractivity contribution >= 4 is 5.97 Å². The van der Waals surface area contributed by atoms with Gasteiger partial charge in [-0.05, 0) is 17.7 Å². The average molecular weight is 178 g/mol. The second-order valence-electron chi connectivity index (χ2n) is 3.01. The van der Waals surface area contributed by atoms with Gasteiger partial charge in [0.25, 0.3) is 0 Å². The first kappa shape index (κ1) is 8.19. The summed E-state index contributed by atoms with van der Waals surface area (Å²) in [6, 6.07) is 3.82. The maximum absolute atomic E-state index is 11.0. The molecule has 0 amide bonds. The van der Waals surface area contributed by atoms with Crippen molar-refractivity contribution in [1.82, 2.24) is 10.0 Å². The van der Waals surface area contributed by atoms with Gasteiger partial charge in [0, 0.05) is 19.4 Å². The molecule has 0 bridgehead atoms. The molecule has 0 aliphatic carbocycles. The van der Waals surface area contributed by atoms with E-state index in [2.05, 4.69) is 4.98 Å². The molecular formula is C9H10N2O2. The van der Waals surface area contributed by atoms with Crippen LogP contribution in [0.5, 0.6) is 0 Å². The van der Waals surface area contributed by atoms with Crippen molar-refractivity contribution in [3.8, 4) is 0 Å². The summed E-state index contributed by atoms with van der Waals surface area (Å²) in [7, 11) is 1.76. The second kappa shape index (κ2) is 3.14. The first-order chi connectivity index (χ1) is 6.27. The molecule has 68 valence electrons. The van der Waals surface area contributed by atoms with Crippen molar-refractivity contribution in [2.24, 2.45) is 0 Å². The average Bonchev–Trinajstić information content (AvgIpc) is 2.47. The molecule has 2 rings (SSSR count). The van der Waals surface area contributed by atoms with E-state index in [0.29, 0.717) is 6.42 Å². The minimum atomic E-state index is -0.177. The topological polar surface area (TPSA) is 42.4 Å². The van der Waals surface area contributed by atoms with Gasteiger partial charge in [0.2, 0.25) is 0 Å². The van der Waals surface area contributed by atoms with Crippen LogP contribution < -0.4 is 0 Å². The first-order valence-corrected chi connectivity index (χ1v) is 4.11. The van der Waals surface area contributed by atoms with Crippen LogP contribution in [-0.4, -0.2) is 23.1 Å². The summed E-state index contributed by atoms with van der Waals surface area (Å²) >= 11 is 0. The molecule has 0 N–H and O–H groups in total. The highest BCUT2D eigenvalue weighted by molar-refractivity contribution is 5.71. The number of aromatic nitrogens is 1. The molecule has 1 aromatic heterocycles. The van der Waals surface area contributed by atoms with Crippen molar-refractivity contribution in [2.45, 2.75) is 12.5 Å². The molecule has 4 heteroatoms. The fraction of sp³-hybridized carbons (Fsp3) is 0.333. The molecule has 2 heterocycles. The third kappa shape index (κ3) is 1.53. The molecule has 1 aliphatic heterocycles. The summed E-state index contributed by atoms with van der Waals surface area (Å²) in [4.78, 5) is 19.8. The van der Waals surface area contributed by atoms with Gasteiger partial charge < -0.3 is 4.84 Å². The minimum absolute atomic E-state index is 0.0375. The Morgan fingerprint density at radius 2 is 2.23 bits per heavy atom. The van der Waals surface area contributed by atoms with E-state index in [9.17, 15) is 4.79 Å². The minimum Gasteiger partial charge on any atom is -0.368 e. The highest BCUT2D eigenvalue weighted by atomic mass is 16.7. The van der Waals surface area contributed by atoms with Crippen molar-refractivity contribution < 1.29 is 9.63 Å². The molecule has 1 aromatic rings. The lowest BCUT2D eigenvalue weighted by atomic mass is 10.1. The molecular weight excluding hydrogens is 168 g/mol. The molecule has 1 aliphatic rings. The lowest BCUT2D eigenvalue weighted by Gasteiger charge is -2.15. The van der Waals surface area contributed by atoms with E-state index in [4.69, 9.17) is 4.84 Å². The molecule has 0 saturated carbocycles. The molecule has 0 radical (unpaired) electrons. The zero-order valence-electron chi connectivity index (χ0n) is 7.30. The van der Waals surface area contributed by atoms with Crippen LogP contribution in [0.1, 0.15) is 18.0 Å². The van der Waals surface area contributed by atoms with Crippen LogP contribution in [0.15, 0.2) is 24.5 Å². The Hall–Kier alpha value is -1.42. The van der Waals surface area contributed by atoms with Crippen LogP contribution in [0.2, 0.25) is 0 Å².